The maximum atomic E-state index is 16.1. The summed E-state index contributed by atoms with van der Waals surface area (Å²) >= 11 is 0. The number of H-pyrrole nitrogens is 1. The predicted molar refractivity (Wildman–Crippen MR) is 239 cm³/mol. The summed E-state index contributed by atoms with van der Waals surface area (Å²) < 4.78 is 65.1. The van der Waals surface area contributed by atoms with E-state index in [-0.39, 0.29) is 51.5 Å². The van der Waals surface area contributed by atoms with Gasteiger partial charge in [-0.15, -0.1) is 0 Å². The van der Waals surface area contributed by atoms with Gasteiger partial charge in [-0.1, -0.05) is 52.8 Å². The Labute approximate surface area is 384 Å². The first-order chi connectivity index (χ1) is 31.7. The van der Waals surface area contributed by atoms with E-state index in [1.54, 1.807) is 48.7 Å². The number of hydrogen-bond acceptors (Lipinski definition) is 17. The average Bonchev–Trinajstić information content (AvgIpc) is 3.51. The first kappa shape index (κ1) is 48.1. The topological polar surface area (TPSA) is 293 Å². The number of anilines is 2. The maximum absolute atomic E-state index is 16.1. The van der Waals surface area contributed by atoms with Gasteiger partial charge in [-0.25, -0.2) is 28.9 Å². The summed E-state index contributed by atoms with van der Waals surface area (Å²) in [6.45, 7) is 11.9. The molecule has 1 aromatic carbocycles. The summed E-state index contributed by atoms with van der Waals surface area (Å²) in [7, 11) is -7.60. The van der Waals surface area contributed by atoms with Crippen LogP contribution >= 0.6 is 7.82 Å². The van der Waals surface area contributed by atoms with Gasteiger partial charge in [0.1, 0.15) is 24.6 Å². The summed E-state index contributed by atoms with van der Waals surface area (Å²) in [5.41, 5.74) is -1.05. The van der Waals surface area contributed by atoms with E-state index in [1.807, 2.05) is 39.9 Å². The van der Waals surface area contributed by atoms with Crippen molar-refractivity contribution in [2.75, 3.05) is 30.5 Å². The molecule has 2 amide bonds. The van der Waals surface area contributed by atoms with Crippen LogP contribution in [0.3, 0.4) is 0 Å². The van der Waals surface area contributed by atoms with Gasteiger partial charge in [0, 0.05) is 16.9 Å². The number of nitriles is 1. The molecule has 0 radical (unpaired) electrons. The molecule has 2 aliphatic carbocycles. The van der Waals surface area contributed by atoms with E-state index >= 15 is 4.39 Å². The number of rotatable bonds is 17. The third-order valence-corrected chi connectivity index (χ3v) is 19.1. The number of alkyl halides is 1. The number of aromatic nitrogens is 8. The lowest BCUT2D eigenvalue weighted by atomic mass is 10.0. The highest BCUT2D eigenvalue weighted by atomic mass is 31.2. The van der Waals surface area contributed by atoms with Crippen LogP contribution in [-0.4, -0.2) is 120 Å². The van der Waals surface area contributed by atoms with Gasteiger partial charge in [-0.3, -0.25) is 42.8 Å². The summed E-state index contributed by atoms with van der Waals surface area (Å²) in [6.07, 6.45) is -5.19. The number of benzene rings is 1. The van der Waals surface area contributed by atoms with E-state index in [2.05, 4.69) is 40.5 Å². The van der Waals surface area contributed by atoms with Crippen LogP contribution in [0.2, 0.25) is 18.1 Å². The first-order valence-electron chi connectivity index (χ1n) is 21.7. The Hall–Kier alpha value is -5.35. The molecule has 8 rings (SSSR count). The van der Waals surface area contributed by atoms with Crippen LogP contribution < -0.4 is 16.2 Å². The van der Waals surface area contributed by atoms with Crippen molar-refractivity contribution in [1.29, 1.82) is 5.26 Å². The molecule has 25 heteroatoms. The molecule has 22 nitrogen and oxygen atoms in total. The van der Waals surface area contributed by atoms with Crippen molar-refractivity contribution in [2.45, 2.75) is 108 Å². The molecule has 4 aromatic heterocycles. The van der Waals surface area contributed by atoms with Crippen molar-refractivity contribution in [2.24, 2.45) is 17.3 Å². The fourth-order valence-corrected chi connectivity index (χ4v) is 11.1. The molecule has 5 heterocycles. The maximum Gasteiger partial charge on any atom is 0.475 e. The van der Waals surface area contributed by atoms with Crippen molar-refractivity contribution in [1.82, 2.24) is 39.0 Å². The Balaban J connectivity index is 1.08. The molecule has 5 aromatic rings. The molecule has 1 aliphatic heterocycles. The molecule has 1 saturated heterocycles. The molecule has 67 heavy (non-hydrogen) atoms. The Morgan fingerprint density at radius 3 is 2.49 bits per heavy atom. The predicted octanol–water partition coefficient (Wildman–Crippen LogP) is 4.79. The molecule has 3 aliphatic rings. The third-order valence-electron chi connectivity index (χ3n) is 13.1. The second-order valence-corrected chi connectivity index (χ2v) is 25.2. The van der Waals surface area contributed by atoms with Crippen LogP contribution in [0.5, 0.6) is 0 Å². The van der Waals surface area contributed by atoms with E-state index < -0.39 is 108 Å². The van der Waals surface area contributed by atoms with E-state index in [1.165, 1.54) is 17.2 Å². The molecule has 358 valence electrons. The Morgan fingerprint density at radius 1 is 1.09 bits per heavy atom. The van der Waals surface area contributed by atoms with Gasteiger partial charge in [-0.05, 0) is 42.6 Å². The van der Waals surface area contributed by atoms with E-state index in [9.17, 15) is 34.4 Å². The number of phosphoric ester groups is 1. The van der Waals surface area contributed by atoms with Gasteiger partial charge >= 0.3 is 7.82 Å². The first-order valence-corrected chi connectivity index (χ1v) is 26.1. The molecular formula is C42H53FN11O11PSi. The monoisotopic (exact) mass is 965 g/mol. The van der Waals surface area contributed by atoms with Crippen LogP contribution in [-0.2, 0) is 32.1 Å². The molecule has 0 bridgehead atoms. The highest BCUT2D eigenvalue weighted by molar-refractivity contribution is 7.48. The summed E-state index contributed by atoms with van der Waals surface area (Å²) in [4.78, 5) is 63.0. The summed E-state index contributed by atoms with van der Waals surface area (Å²) in [6, 6.07) is 9.60. The number of nitrogens with zero attached hydrogens (tertiary/aromatic N) is 8. The van der Waals surface area contributed by atoms with Crippen molar-refractivity contribution in [3.63, 3.8) is 0 Å². The quantitative estimate of drug-likeness (QED) is 0.0476. The lowest BCUT2D eigenvalue weighted by Gasteiger charge is -2.43. The molecule has 5 N–H and O–H groups in total. The number of amides is 2. The number of halogens is 1. The van der Waals surface area contributed by atoms with E-state index in [0.717, 1.165) is 6.33 Å². The van der Waals surface area contributed by atoms with Gasteiger partial charge in [0.2, 0.25) is 11.9 Å². The minimum absolute atomic E-state index is 0.0203. The second kappa shape index (κ2) is 18.3. The van der Waals surface area contributed by atoms with Crippen molar-refractivity contribution in [3.05, 3.63) is 65.2 Å². The van der Waals surface area contributed by atoms with Gasteiger partial charge in [0.25, 0.3) is 11.5 Å². The summed E-state index contributed by atoms with van der Waals surface area (Å²) in [5, 5.41) is 36.7. The minimum atomic E-state index is -4.83. The number of aliphatic hydroxyl groups is 2. The molecule has 10 atom stereocenters. The molecule has 3 fully saturated rings. The van der Waals surface area contributed by atoms with Crippen molar-refractivity contribution >= 4 is 62.0 Å². The second-order valence-electron chi connectivity index (χ2n) is 18.8. The lowest BCUT2D eigenvalue weighted by molar-refractivity contribution is -0.118. The number of nitrogens with one attached hydrogen (secondary N) is 3. The molecular weight excluding hydrogens is 913 g/mol. The van der Waals surface area contributed by atoms with E-state index in [4.69, 9.17) is 22.7 Å². The van der Waals surface area contributed by atoms with Crippen molar-refractivity contribution < 1.29 is 51.5 Å². The zero-order valence-corrected chi connectivity index (χ0v) is 39.7. The van der Waals surface area contributed by atoms with Crippen LogP contribution in [0, 0.1) is 28.6 Å². The fourth-order valence-electron chi connectivity index (χ4n) is 8.34. The molecule has 0 spiro atoms. The SMILES string of the molecule is CC(C)C(=O)Nc1nc2c(ncn2[C@H]2[C@H](O[Si](C)(C)C(C)(C)C)[C@H](OP(=O)(OCCC#N)OC[C@H]3O[C@@H](n4cnc5c(NC(=O)c6ccccc6)ncnc54)[C@H](F)[C@@H]3O)C3(CO)C[C@H]23)c(=O)[nH]1. The zero-order valence-electron chi connectivity index (χ0n) is 37.8. The Kier molecular flexibility index (Phi) is 13.1. The number of imidazole rings is 2. The molecule has 2 unspecified atom stereocenters. The van der Waals surface area contributed by atoms with Crippen LogP contribution in [0.1, 0.15) is 70.1 Å². The highest BCUT2D eigenvalue weighted by Crippen LogP contribution is 2.72. The number of aliphatic hydroxyl groups excluding tert-OH is 2. The van der Waals surface area contributed by atoms with Gasteiger partial charge < -0.3 is 29.3 Å². The number of fused-ring (bicyclic) bond motifs is 3. The summed E-state index contributed by atoms with van der Waals surface area (Å²) in [5.74, 6) is -1.73. The van der Waals surface area contributed by atoms with Crippen LogP contribution in [0.25, 0.3) is 22.3 Å². The largest absolute Gasteiger partial charge is 0.475 e. The number of hydrogen-bond donors (Lipinski definition) is 5. The third kappa shape index (κ3) is 9.07. The normalized spacial score (nSPS) is 27.0. The lowest BCUT2D eigenvalue weighted by Crippen LogP contribution is -2.50. The van der Waals surface area contributed by atoms with Gasteiger partial charge in [0.05, 0.1) is 57.1 Å². The Morgan fingerprint density at radius 2 is 1.81 bits per heavy atom. The van der Waals surface area contributed by atoms with E-state index in [0.29, 0.717) is 12.0 Å². The fraction of sp³-hybridized carbons (Fsp3) is 0.548. The van der Waals surface area contributed by atoms with Gasteiger partial charge in [0.15, 0.2) is 48.9 Å². The number of ether oxygens (including phenoxy) is 1. The number of carbonyl (C=O) groups is 2. The number of phosphoric acid groups is 1. The smallest absolute Gasteiger partial charge is 0.409 e. The van der Waals surface area contributed by atoms with Gasteiger partial charge in [-0.2, -0.15) is 10.2 Å². The standard InChI is InChI=1S/C42H53FN11O11PSi/c1-22(2)36(57)51-40-50-35-28(38(59)52-40)48-20-53(35)29-24-16-42(24,18-55)32(31(29)65-67(6,7)41(3,4)5)64-66(60,61-15-11-14-44)62-17-25-30(56)26(43)39(63-25)54-21-47-27-33(45-19-46-34(27)54)49-37(58)23-12-9-8-10-13-23/h8-10,12-13,19-22,24-26,29-32,39,55-56H,11,15-18H2,1-7H3,(H,45,46,49,58)(H2,50,51,52,57,59)/t24-,25-,26-,29-,30-,31+,32+,39-,42?,66?/m1/s1. The van der Waals surface area contributed by atoms with Crippen molar-refractivity contribution in [3.8, 4) is 6.07 Å². The highest BCUT2D eigenvalue weighted by Gasteiger charge is 2.74. The number of aromatic amines is 1. The number of carbonyl (C=O) groups excluding carboxylic acids is 2. The Bertz CT molecular complexity index is 2820. The zero-order chi connectivity index (χ0) is 48.2. The van der Waals surface area contributed by atoms with Crippen LogP contribution in [0.15, 0.2) is 54.1 Å². The minimum Gasteiger partial charge on any atom is -0.409 e. The van der Waals surface area contributed by atoms with Crippen LogP contribution in [0.4, 0.5) is 16.2 Å². The average molecular weight is 966 g/mol. The molecule has 2 saturated carbocycles.